The predicted molar refractivity (Wildman–Crippen MR) is 65.4 cm³/mol. The number of thioether (sulfide) groups is 1. The van der Waals surface area contributed by atoms with Crippen LogP contribution < -0.4 is 4.74 Å². The minimum absolute atomic E-state index is 0.0345. The molecule has 0 aliphatic carbocycles. The van der Waals surface area contributed by atoms with E-state index in [2.05, 4.69) is 4.40 Å². The predicted octanol–water partition coefficient (Wildman–Crippen LogP) is 2.07. The summed E-state index contributed by atoms with van der Waals surface area (Å²) in [6, 6.07) is 5.71. The van der Waals surface area contributed by atoms with E-state index in [1.165, 1.54) is 0 Å². The first kappa shape index (κ1) is 11.5. The van der Waals surface area contributed by atoms with E-state index in [0.717, 1.165) is 22.9 Å². The molecule has 16 heavy (non-hydrogen) atoms. The Morgan fingerprint density at radius 3 is 2.69 bits per heavy atom. The van der Waals surface area contributed by atoms with Crippen LogP contribution >= 0.6 is 11.8 Å². The van der Waals surface area contributed by atoms with Crippen molar-refractivity contribution in [3.8, 4) is 5.75 Å². The van der Waals surface area contributed by atoms with Crippen molar-refractivity contribution in [2.24, 2.45) is 4.40 Å². The van der Waals surface area contributed by atoms with Crippen molar-refractivity contribution in [2.45, 2.75) is 13.8 Å². The molecule has 0 amide bonds. The highest BCUT2D eigenvalue weighted by Crippen LogP contribution is 2.25. The first-order valence-corrected chi connectivity index (χ1v) is 7.26. The number of hydrogen-bond donors (Lipinski definition) is 0. The summed E-state index contributed by atoms with van der Waals surface area (Å²) < 4.78 is 31.1. The molecule has 0 bridgehead atoms. The van der Waals surface area contributed by atoms with Crippen molar-refractivity contribution in [3.63, 3.8) is 0 Å². The minimum atomic E-state index is -3.31. The number of rotatable bonds is 1. The Hall–Kier alpha value is -1.01. The number of sulfonamides is 1. The van der Waals surface area contributed by atoms with E-state index in [-0.39, 0.29) is 10.3 Å². The lowest BCUT2D eigenvalue weighted by molar-refractivity contribution is 0.561. The van der Waals surface area contributed by atoms with Gasteiger partial charge >= 0.3 is 0 Å². The molecule has 1 aromatic rings. The molecular weight excluding hydrogens is 246 g/mol. The van der Waals surface area contributed by atoms with Crippen LogP contribution in [0.2, 0.25) is 0 Å². The van der Waals surface area contributed by atoms with Crippen LogP contribution in [0, 0.1) is 13.8 Å². The van der Waals surface area contributed by atoms with Gasteiger partial charge in [-0.25, -0.2) is 8.42 Å². The third kappa shape index (κ3) is 2.56. The van der Waals surface area contributed by atoms with Crippen LogP contribution in [-0.4, -0.2) is 18.7 Å². The molecule has 0 saturated heterocycles. The number of ether oxygens (including phenoxy) is 1. The fourth-order valence-electron chi connectivity index (χ4n) is 1.35. The number of aryl methyl sites for hydroxylation is 2. The SMILES string of the molecule is Cc1ccc(OC2=NS(=O)(=O)CS2)c(C)c1. The Morgan fingerprint density at radius 1 is 1.38 bits per heavy atom. The van der Waals surface area contributed by atoms with E-state index < -0.39 is 10.0 Å². The van der Waals surface area contributed by atoms with Crippen molar-refractivity contribution in [1.82, 2.24) is 0 Å². The van der Waals surface area contributed by atoms with Gasteiger partial charge in [-0.15, -0.1) is 4.40 Å². The quantitative estimate of drug-likeness (QED) is 0.773. The zero-order chi connectivity index (χ0) is 11.8. The molecule has 1 aromatic carbocycles. The van der Waals surface area contributed by atoms with Crippen LogP contribution in [0.5, 0.6) is 5.75 Å². The lowest BCUT2D eigenvalue weighted by atomic mass is 10.1. The van der Waals surface area contributed by atoms with Crippen LogP contribution in [0.3, 0.4) is 0 Å². The number of benzene rings is 1. The Bertz CT molecular complexity index is 549. The summed E-state index contributed by atoms with van der Waals surface area (Å²) in [5.74, 6) is 0.647. The van der Waals surface area contributed by atoms with Gasteiger partial charge in [-0.1, -0.05) is 17.7 Å². The summed E-state index contributed by atoms with van der Waals surface area (Å²) in [6.45, 7) is 3.90. The normalized spacial score (nSPS) is 18.2. The zero-order valence-electron chi connectivity index (χ0n) is 8.93. The molecule has 0 aromatic heterocycles. The van der Waals surface area contributed by atoms with Gasteiger partial charge in [0.15, 0.2) is 0 Å². The van der Waals surface area contributed by atoms with Crippen molar-refractivity contribution >= 4 is 27.0 Å². The summed E-state index contributed by atoms with van der Waals surface area (Å²) >= 11 is 1.10. The van der Waals surface area contributed by atoms with Gasteiger partial charge < -0.3 is 4.74 Å². The van der Waals surface area contributed by atoms with E-state index in [9.17, 15) is 8.42 Å². The van der Waals surface area contributed by atoms with Gasteiger partial charge in [0.25, 0.3) is 15.3 Å². The molecule has 0 unspecified atom stereocenters. The minimum Gasteiger partial charge on any atom is -0.433 e. The second kappa shape index (κ2) is 4.10. The maximum atomic E-state index is 11.1. The summed E-state index contributed by atoms with van der Waals surface area (Å²) in [7, 11) is -3.31. The van der Waals surface area contributed by atoms with E-state index in [0.29, 0.717) is 5.75 Å². The molecule has 0 saturated carbocycles. The summed E-state index contributed by atoms with van der Waals surface area (Å²) in [5, 5.41) is 0.166. The second-order valence-corrected chi connectivity index (χ2v) is 6.50. The maximum Gasteiger partial charge on any atom is 0.268 e. The standard InChI is InChI=1S/C10H11NO3S2/c1-7-3-4-9(8(2)5-7)14-10-11-16(12,13)6-15-10/h3-5H,6H2,1-2H3. The lowest BCUT2D eigenvalue weighted by Gasteiger charge is -2.07. The van der Waals surface area contributed by atoms with Crippen LogP contribution in [-0.2, 0) is 10.0 Å². The van der Waals surface area contributed by atoms with Crippen LogP contribution in [0.1, 0.15) is 11.1 Å². The van der Waals surface area contributed by atoms with Gasteiger partial charge in [-0.05, 0) is 37.2 Å². The molecule has 6 heteroatoms. The molecule has 0 spiro atoms. The van der Waals surface area contributed by atoms with E-state index in [1.807, 2.05) is 32.0 Å². The monoisotopic (exact) mass is 257 g/mol. The van der Waals surface area contributed by atoms with Crippen molar-refractivity contribution in [2.75, 3.05) is 5.08 Å². The third-order valence-corrected chi connectivity index (χ3v) is 4.72. The van der Waals surface area contributed by atoms with Gasteiger partial charge in [0.05, 0.1) is 0 Å². The van der Waals surface area contributed by atoms with E-state index in [1.54, 1.807) is 0 Å². The molecule has 0 N–H and O–H groups in total. The third-order valence-electron chi connectivity index (χ3n) is 2.07. The highest BCUT2D eigenvalue weighted by atomic mass is 32.3. The number of hydrogen-bond acceptors (Lipinski definition) is 4. The zero-order valence-corrected chi connectivity index (χ0v) is 10.6. The Morgan fingerprint density at radius 2 is 2.12 bits per heavy atom. The van der Waals surface area contributed by atoms with Crippen molar-refractivity contribution < 1.29 is 13.2 Å². The van der Waals surface area contributed by atoms with Gasteiger partial charge in [-0.2, -0.15) is 0 Å². The second-order valence-electron chi connectivity index (χ2n) is 3.57. The summed E-state index contributed by atoms with van der Waals surface area (Å²) in [5.41, 5.74) is 2.10. The van der Waals surface area contributed by atoms with Crippen LogP contribution in [0.25, 0.3) is 0 Å². The van der Waals surface area contributed by atoms with E-state index in [4.69, 9.17) is 4.74 Å². The topological polar surface area (TPSA) is 55.7 Å². The molecule has 86 valence electrons. The fraction of sp³-hybridized carbons (Fsp3) is 0.300. The molecule has 1 aliphatic heterocycles. The lowest BCUT2D eigenvalue weighted by Crippen LogP contribution is -2.02. The largest absolute Gasteiger partial charge is 0.433 e. The fourth-order valence-corrected chi connectivity index (χ4v) is 3.52. The summed E-state index contributed by atoms with van der Waals surface area (Å²) in [6.07, 6.45) is 0. The number of nitrogens with zero attached hydrogens (tertiary/aromatic N) is 1. The van der Waals surface area contributed by atoms with Crippen molar-refractivity contribution in [3.05, 3.63) is 29.3 Å². The smallest absolute Gasteiger partial charge is 0.268 e. The average Bonchev–Trinajstić information content (AvgIpc) is 2.51. The first-order chi connectivity index (χ1) is 7.46. The first-order valence-electron chi connectivity index (χ1n) is 4.67. The molecule has 1 aliphatic rings. The Labute approximate surface area is 98.8 Å². The Balaban J connectivity index is 2.23. The Kier molecular flexibility index (Phi) is 2.94. The average molecular weight is 257 g/mol. The van der Waals surface area contributed by atoms with Gasteiger partial charge in [0.1, 0.15) is 10.8 Å². The van der Waals surface area contributed by atoms with E-state index >= 15 is 0 Å². The molecule has 0 fully saturated rings. The molecule has 2 rings (SSSR count). The molecule has 1 heterocycles. The molecular formula is C10H11NO3S2. The van der Waals surface area contributed by atoms with Crippen molar-refractivity contribution in [1.29, 1.82) is 0 Å². The highest BCUT2D eigenvalue weighted by molar-refractivity contribution is 8.24. The van der Waals surface area contributed by atoms with Crippen LogP contribution in [0.4, 0.5) is 0 Å². The van der Waals surface area contributed by atoms with Gasteiger partial charge in [0, 0.05) is 0 Å². The molecule has 0 atom stereocenters. The maximum absolute atomic E-state index is 11.1. The van der Waals surface area contributed by atoms with Gasteiger partial charge in [-0.3, -0.25) is 0 Å². The van der Waals surface area contributed by atoms with Gasteiger partial charge in [0.2, 0.25) is 0 Å². The molecule has 4 nitrogen and oxygen atoms in total. The molecule has 0 radical (unpaired) electrons. The highest BCUT2D eigenvalue weighted by Gasteiger charge is 2.23. The van der Waals surface area contributed by atoms with Crippen LogP contribution in [0.15, 0.2) is 22.6 Å². The summed E-state index contributed by atoms with van der Waals surface area (Å²) in [4.78, 5) is 0.